The molecule has 0 heterocycles. The fourth-order valence-electron chi connectivity index (χ4n) is 2.84. The summed E-state index contributed by atoms with van der Waals surface area (Å²) in [6, 6.07) is 10.5. The lowest BCUT2D eigenvalue weighted by Crippen LogP contribution is -2.19. The molecule has 0 saturated heterocycles. The van der Waals surface area contributed by atoms with Crippen molar-refractivity contribution in [3.63, 3.8) is 0 Å². The minimum Gasteiger partial charge on any atom is -0.373 e. The van der Waals surface area contributed by atoms with Crippen molar-refractivity contribution >= 4 is 0 Å². The van der Waals surface area contributed by atoms with Crippen LogP contribution in [0.5, 0.6) is 0 Å². The Hall–Kier alpha value is -0.820. The second-order valence-corrected chi connectivity index (χ2v) is 4.93. The molecule has 0 spiro atoms. The summed E-state index contributed by atoms with van der Waals surface area (Å²) in [4.78, 5) is 0. The van der Waals surface area contributed by atoms with Crippen LogP contribution in [0, 0.1) is 11.8 Å². The maximum atomic E-state index is 6.02. The molecule has 2 aliphatic rings. The van der Waals surface area contributed by atoms with Gasteiger partial charge in [0.1, 0.15) is 0 Å². The third kappa shape index (κ3) is 2.07. The molecular formula is C14H18O. The van der Waals surface area contributed by atoms with Gasteiger partial charge in [-0.15, -0.1) is 0 Å². The van der Waals surface area contributed by atoms with Crippen molar-refractivity contribution in [2.24, 2.45) is 11.8 Å². The topological polar surface area (TPSA) is 9.23 Å². The highest BCUT2D eigenvalue weighted by Gasteiger charge is 2.45. The largest absolute Gasteiger partial charge is 0.373 e. The zero-order valence-corrected chi connectivity index (χ0v) is 9.06. The van der Waals surface area contributed by atoms with Crippen LogP contribution in [-0.2, 0) is 11.3 Å². The predicted molar refractivity (Wildman–Crippen MR) is 60.5 cm³/mol. The van der Waals surface area contributed by atoms with Crippen LogP contribution in [0.25, 0.3) is 0 Å². The van der Waals surface area contributed by atoms with Crippen molar-refractivity contribution in [1.82, 2.24) is 0 Å². The van der Waals surface area contributed by atoms with Crippen LogP contribution >= 0.6 is 0 Å². The first-order valence-electron chi connectivity index (χ1n) is 6.09. The van der Waals surface area contributed by atoms with Crippen LogP contribution in [0.3, 0.4) is 0 Å². The van der Waals surface area contributed by atoms with Gasteiger partial charge in [-0.3, -0.25) is 0 Å². The summed E-state index contributed by atoms with van der Waals surface area (Å²) in [5.74, 6) is 1.92. The quantitative estimate of drug-likeness (QED) is 0.730. The molecule has 0 radical (unpaired) electrons. The second kappa shape index (κ2) is 3.97. The molecule has 3 rings (SSSR count). The molecule has 2 saturated carbocycles. The summed E-state index contributed by atoms with van der Waals surface area (Å²) in [6.45, 7) is 0.800. The smallest absolute Gasteiger partial charge is 0.0720 e. The zero-order chi connectivity index (χ0) is 10.1. The van der Waals surface area contributed by atoms with Gasteiger partial charge in [-0.25, -0.2) is 0 Å². The first-order valence-corrected chi connectivity index (χ1v) is 6.09. The van der Waals surface area contributed by atoms with E-state index in [2.05, 4.69) is 30.3 Å². The van der Waals surface area contributed by atoms with Crippen molar-refractivity contribution in [1.29, 1.82) is 0 Å². The number of hydrogen-bond donors (Lipinski definition) is 0. The molecule has 0 N–H and O–H groups in total. The standard InChI is InChI=1S/C14H18O/c1-2-5-11(6-3-1)10-15-14-8-4-7-12-9-13(12)14/h1-3,5-6,12-14H,4,7-10H2/t12-,13-,14+/m1/s1. The molecule has 2 aliphatic carbocycles. The lowest BCUT2D eigenvalue weighted by molar-refractivity contribution is 0.00668. The van der Waals surface area contributed by atoms with E-state index in [4.69, 9.17) is 4.74 Å². The van der Waals surface area contributed by atoms with Crippen LogP contribution in [0.2, 0.25) is 0 Å². The summed E-state index contributed by atoms with van der Waals surface area (Å²) in [5, 5.41) is 0. The van der Waals surface area contributed by atoms with E-state index in [-0.39, 0.29) is 0 Å². The van der Waals surface area contributed by atoms with Crippen LogP contribution in [0.4, 0.5) is 0 Å². The fraction of sp³-hybridized carbons (Fsp3) is 0.571. The van der Waals surface area contributed by atoms with Crippen LogP contribution < -0.4 is 0 Å². The Labute approximate surface area is 91.5 Å². The molecule has 0 bridgehead atoms. The first kappa shape index (κ1) is 9.41. The van der Waals surface area contributed by atoms with Gasteiger partial charge in [-0.2, -0.15) is 0 Å². The minimum atomic E-state index is 0.559. The molecule has 3 atom stereocenters. The fourth-order valence-corrected chi connectivity index (χ4v) is 2.84. The van der Waals surface area contributed by atoms with Crippen LogP contribution in [-0.4, -0.2) is 6.10 Å². The molecule has 0 unspecified atom stereocenters. The molecule has 0 aliphatic heterocycles. The van der Waals surface area contributed by atoms with E-state index >= 15 is 0 Å². The zero-order valence-electron chi connectivity index (χ0n) is 9.06. The number of ether oxygens (including phenoxy) is 1. The van der Waals surface area contributed by atoms with Gasteiger partial charge in [0.15, 0.2) is 0 Å². The average molecular weight is 202 g/mol. The van der Waals surface area contributed by atoms with Gasteiger partial charge in [-0.05, 0) is 36.7 Å². The highest BCUT2D eigenvalue weighted by molar-refractivity contribution is 5.13. The Morgan fingerprint density at radius 1 is 1.13 bits per heavy atom. The monoisotopic (exact) mass is 202 g/mol. The summed E-state index contributed by atoms with van der Waals surface area (Å²) in [7, 11) is 0. The normalized spacial score (nSPS) is 33.5. The number of rotatable bonds is 3. The lowest BCUT2D eigenvalue weighted by Gasteiger charge is -2.21. The third-order valence-corrected chi connectivity index (χ3v) is 3.83. The molecule has 2 fully saturated rings. The van der Waals surface area contributed by atoms with Crippen LogP contribution in [0.1, 0.15) is 31.2 Å². The van der Waals surface area contributed by atoms with Gasteiger partial charge >= 0.3 is 0 Å². The van der Waals surface area contributed by atoms with Gasteiger partial charge in [0.05, 0.1) is 12.7 Å². The van der Waals surface area contributed by atoms with E-state index in [9.17, 15) is 0 Å². The summed E-state index contributed by atoms with van der Waals surface area (Å²) < 4.78 is 6.02. The predicted octanol–water partition coefficient (Wildman–Crippen LogP) is 3.39. The molecule has 15 heavy (non-hydrogen) atoms. The molecule has 0 amide bonds. The van der Waals surface area contributed by atoms with E-state index in [0.717, 1.165) is 18.4 Å². The Bertz CT molecular complexity index is 319. The van der Waals surface area contributed by atoms with Crippen molar-refractivity contribution in [2.45, 2.75) is 38.4 Å². The van der Waals surface area contributed by atoms with Gasteiger partial charge < -0.3 is 4.74 Å². The summed E-state index contributed by atoms with van der Waals surface area (Å²) >= 11 is 0. The molecule has 1 aromatic carbocycles. The SMILES string of the molecule is c1ccc(CO[C@H]2CCC[C@@H]3C[C@H]32)cc1. The van der Waals surface area contributed by atoms with Crippen molar-refractivity contribution in [3.05, 3.63) is 35.9 Å². The number of fused-ring (bicyclic) bond motifs is 1. The Morgan fingerprint density at radius 2 is 2.00 bits per heavy atom. The van der Waals surface area contributed by atoms with E-state index in [1.165, 1.54) is 31.2 Å². The molecule has 1 heteroatoms. The first-order chi connectivity index (χ1) is 7.43. The third-order valence-electron chi connectivity index (χ3n) is 3.83. The van der Waals surface area contributed by atoms with E-state index in [0.29, 0.717) is 6.10 Å². The second-order valence-electron chi connectivity index (χ2n) is 4.93. The van der Waals surface area contributed by atoms with Gasteiger partial charge in [-0.1, -0.05) is 36.8 Å². The van der Waals surface area contributed by atoms with Crippen LogP contribution in [0.15, 0.2) is 30.3 Å². The highest BCUT2D eigenvalue weighted by atomic mass is 16.5. The minimum absolute atomic E-state index is 0.559. The molecule has 80 valence electrons. The molecule has 1 nitrogen and oxygen atoms in total. The van der Waals surface area contributed by atoms with Gasteiger partial charge in [0.2, 0.25) is 0 Å². The van der Waals surface area contributed by atoms with E-state index < -0.39 is 0 Å². The maximum absolute atomic E-state index is 6.02. The van der Waals surface area contributed by atoms with Crippen molar-refractivity contribution in [2.75, 3.05) is 0 Å². The Morgan fingerprint density at radius 3 is 2.87 bits per heavy atom. The maximum Gasteiger partial charge on any atom is 0.0720 e. The van der Waals surface area contributed by atoms with Crippen molar-refractivity contribution in [3.8, 4) is 0 Å². The summed E-state index contributed by atoms with van der Waals surface area (Å²) in [6.07, 6.45) is 6.10. The Balaban J connectivity index is 1.54. The van der Waals surface area contributed by atoms with Gasteiger partial charge in [0.25, 0.3) is 0 Å². The lowest BCUT2D eigenvalue weighted by atomic mass is 9.98. The highest BCUT2D eigenvalue weighted by Crippen LogP contribution is 2.50. The molecule has 0 aromatic heterocycles. The van der Waals surface area contributed by atoms with E-state index in [1.54, 1.807) is 0 Å². The summed E-state index contributed by atoms with van der Waals surface area (Å²) in [5.41, 5.74) is 1.31. The number of benzene rings is 1. The molecular weight excluding hydrogens is 184 g/mol. The van der Waals surface area contributed by atoms with E-state index in [1.807, 2.05) is 0 Å². The number of hydrogen-bond acceptors (Lipinski definition) is 1. The average Bonchev–Trinajstić information content (AvgIpc) is 3.07. The van der Waals surface area contributed by atoms with Crippen molar-refractivity contribution < 1.29 is 4.74 Å². The Kier molecular flexibility index (Phi) is 2.49. The molecule has 1 aromatic rings. The van der Waals surface area contributed by atoms with Gasteiger partial charge in [0, 0.05) is 0 Å².